The quantitative estimate of drug-likeness (QED) is 0.580. The number of nitrogens with zero attached hydrogens (tertiary/aromatic N) is 2. The molecule has 1 aromatic carbocycles. The summed E-state index contributed by atoms with van der Waals surface area (Å²) >= 11 is 0. The van der Waals surface area contributed by atoms with Crippen LogP contribution < -0.4 is 0 Å². The molecule has 0 bridgehead atoms. The number of hydrogen-bond donors (Lipinski definition) is 0. The Morgan fingerprint density at radius 1 is 1.25 bits per heavy atom. The highest BCUT2D eigenvalue weighted by atomic mass is 14.6. The molecule has 0 aliphatic rings. The zero-order valence-electron chi connectivity index (χ0n) is 11.9. The van der Waals surface area contributed by atoms with Gasteiger partial charge in [-0.05, 0) is 55.0 Å². The summed E-state index contributed by atoms with van der Waals surface area (Å²) in [5.41, 5.74) is 5.67. The number of benzene rings is 1. The molecule has 1 aromatic heterocycles. The molecule has 0 saturated carbocycles. The third-order valence-electron chi connectivity index (χ3n) is 2.98. The van der Waals surface area contributed by atoms with Crippen LogP contribution in [0.3, 0.4) is 0 Å². The van der Waals surface area contributed by atoms with Gasteiger partial charge >= 0.3 is 0 Å². The first kappa shape index (κ1) is 13.9. The minimum atomic E-state index is 1.05. The molecule has 0 aliphatic heterocycles. The van der Waals surface area contributed by atoms with E-state index in [1.807, 2.05) is 31.3 Å². The van der Waals surface area contributed by atoms with Crippen LogP contribution in [0.25, 0.3) is 16.7 Å². The van der Waals surface area contributed by atoms with Crippen molar-refractivity contribution in [3.63, 3.8) is 0 Å². The number of rotatable bonds is 4. The number of allylic oxidation sites excluding steroid dienone is 3. The summed E-state index contributed by atoms with van der Waals surface area (Å²) in [4.78, 5) is 8.07. The Balaban J connectivity index is 2.54. The average molecular weight is 262 g/mol. The zero-order valence-corrected chi connectivity index (χ0v) is 11.9. The minimum Gasteiger partial charge on any atom is -0.272 e. The van der Waals surface area contributed by atoms with Crippen LogP contribution in [-0.2, 0) is 0 Å². The second kappa shape index (κ2) is 6.62. The van der Waals surface area contributed by atoms with Gasteiger partial charge in [0.25, 0.3) is 0 Å². The van der Waals surface area contributed by atoms with Gasteiger partial charge in [0.1, 0.15) is 0 Å². The molecule has 20 heavy (non-hydrogen) atoms. The van der Waals surface area contributed by atoms with Crippen molar-refractivity contribution in [2.24, 2.45) is 4.99 Å². The predicted octanol–water partition coefficient (Wildman–Crippen LogP) is 4.67. The van der Waals surface area contributed by atoms with E-state index in [1.54, 1.807) is 12.4 Å². The molecule has 0 N–H and O–H groups in total. The van der Waals surface area contributed by atoms with E-state index in [4.69, 9.17) is 0 Å². The van der Waals surface area contributed by atoms with E-state index in [0.29, 0.717) is 0 Å². The van der Waals surface area contributed by atoms with Crippen LogP contribution in [0, 0.1) is 6.92 Å². The standard InChI is InChI=1S/C18H18N2/c1-4-6-15(12-19-3)17-9-14(2)10-18(11-17)16-7-5-8-20-13-16/h4-13H,3H2,1-2H3/b6-4-,15-12+. The maximum absolute atomic E-state index is 4.18. The Labute approximate surface area is 120 Å². The van der Waals surface area contributed by atoms with Crippen molar-refractivity contribution in [2.75, 3.05) is 0 Å². The van der Waals surface area contributed by atoms with Crippen LogP contribution in [0.1, 0.15) is 18.1 Å². The Hall–Kier alpha value is -2.48. The van der Waals surface area contributed by atoms with Gasteiger partial charge in [0.05, 0.1) is 0 Å². The summed E-state index contributed by atoms with van der Waals surface area (Å²) in [7, 11) is 0. The first-order valence-electron chi connectivity index (χ1n) is 6.55. The van der Waals surface area contributed by atoms with Gasteiger partial charge in [-0.3, -0.25) is 9.98 Å². The molecule has 0 amide bonds. The first-order chi connectivity index (χ1) is 9.74. The predicted molar refractivity (Wildman–Crippen MR) is 86.8 cm³/mol. The Morgan fingerprint density at radius 2 is 2.10 bits per heavy atom. The van der Waals surface area contributed by atoms with Gasteiger partial charge < -0.3 is 0 Å². The lowest BCUT2D eigenvalue weighted by Crippen LogP contribution is -1.87. The third kappa shape index (κ3) is 3.29. The molecule has 2 aromatic rings. The molecule has 1 heterocycles. The molecular formula is C18H18N2. The molecule has 0 radical (unpaired) electrons. The number of hydrogen-bond acceptors (Lipinski definition) is 2. The summed E-state index contributed by atoms with van der Waals surface area (Å²) in [5, 5.41) is 0. The van der Waals surface area contributed by atoms with Crippen molar-refractivity contribution < 1.29 is 0 Å². The largest absolute Gasteiger partial charge is 0.272 e. The number of pyridine rings is 1. The van der Waals surface area contributed by atoms with E-state index in [1.165, 1.54) is 5.56 Å². The second-order valence-corrected chi connectivity index (χ2v) is 4.60. The van der Waals surface area contributed by atoms with Crippen LogP contribution >= 0.6 is 0 Å². The fourth-order valence-electron chi connectivity index (χ4n) is 2.14. The van der Waals surface area contributed by atoms with Crippen LogP contribution in [0.2, 0.25) is 0 Å². The van der Waals surface area contributed by atoms with Gasteiger partial charge in [0.15, 0.2) is 0 Å². The van der Waals surface area contributed by atoms with E-state index in [-0.39, 0.29) is 0 Å². The molecule has 0 unspecified atom stereocenters. The third-order valence-corrected chi connectivity index (χ3v) is 2.98. The van der Waals surface area contributed by atoms with Crippen LogP contribution in [0.5, 0.6) is 0 Å². The summed E-state index contributed by atoms with van der Waals surface area (Å²) in [6.45, 7) is 7.63. The second-order valence-electron chi connectivity index (χ2n) is 4.60. The summed E-state index contributed by atoms with van der Waals surface area (Å²) < 4.78 is 0. The lowest BCUT2D eigenvalue weighted by atomic mass is 9.97. The zero-order chi connectivity index (χ0) is 14.4. The molecule has 100 valence electrons. The molecule has 0 aliphatic carbocycles. The van der Waals surface area contributed by atoms with Gasteiger partial charge in [0.2, 0.25) is 0 Å². The smallest absolute Gasteiger partial charge is 0.0346 e. The average Bonchev–Trinajstić information content (AvgIpc) is 2.47. The molecule has 2 rings (SSSR count). The molecular weight excluding hydrogens is 244 g/mol. The Morgan fingerprint density at radius 3 is 2.75 bits per heavy atom. The monoisotopic (exact) mass is 262 g/mol. The number of aryl methyl sites for hydroxylation is 1. The molecule has 2 nitrogen and oxygen atoms in total. The summed E-state index contributed by atoms with van der Waals surface area (Å²) in [5.74, 6) is 0. The first-order valence-corrected chi connectivity index (χ1v) is 6.55. The maximum atomic E-state index is 4.18. The summed E-state index contributed by atoms with van der Waals surface area (Å²) in [6.07, 6.45) is 9.48. The van der Waals surface area contributed by atoms with Gasteiger partial charge in [-0.1, -0.05) is 30.4 Å². The van der Waals surface area contributed by atoms with Crippen molar-refractivity contribution in [2.45, 2.75) is 13.8 Å². The van der Waals surface area contributed by atoms with Gasteiger partial charge in [0, 0.05) is 24.2 Å². The topological polar surface area (TPSA) is 25.2 Å². The Bertz CT molecular complexity index is 652. The van der Waals surface area contributed by atoms with E-state index in [2.05, 4.69) is 47.9 Å². The summed E-state index contributed by atoms with van der Waals surface area (Å²) in [6, 6.07) is 10.5. The maximum Gasteiger partial charge on any atom is 0.0346 e. The fraction of sp³-hybridized carbons (Fsp3) is 0.111. The highest BCUT2D eigenvalue weighted by molar-refractivity contribution is 5.78. The lowest BCUT2D eigenvalue weighted by Gasteiger charge is -2.08. The van der Waals surface area contributed by atoms with E-state index >= 15 is 0 Å². The van der Waals surface area contributed by atoms with E-state index < -0.39 is 0 Å². The van der Waals surface area contributed by atoms with Crippen LogP contribution in [0.4, 0.5) is 0 Å². The van der Waals surface area contributed by atoms with Crippen molar-refractivity contribution >= 4 is 12.3 Å². The van der Waals surface area contributed by atoms with E-state index in [9.17, 15) is 0 Å². The van der Waals surface area contributed by atoms with Gasteiger partial charge in [-0.15, -0.1) is 0 Å². The molecule has 0 saturated heterocycles. The SMILES string of the molecule is C=N/C=C(\C=C/C)c1cc(C)cc(-c2cccnc2)c1. The van der Waals surface area contributed by atoms with Crippen molar-refractivity contribution in [3.8, 4) is 11.1 Å². The Kier molecular flexibility index (Phi) is 4.61. The molecule has 0 spiro atoms. The number of aliphatic imine (C=N–C) groups is 1. The fourth-order valence-corrected chi connectivity index (χ4v) is 2.14. The highest BCUT2D eigenvalue weighted by Gasteiger charge is 2.04. The van der Waals surface area contributed by atoms with Gasteiger partial charge in [-0.2, -0.15) is 0 Å². The molecule has 0 atom stereocenters. The molecule has 2 heteroatoms. The number of aromatic nitrogens is 1. The van der Waals surface area contributed by atoms with Crippen molar-refractivity contribution in [3.05, 3.63) is 72.2 Å². The van der Waals surface area contributed by atoms with Crippen LogP contribution in [-0.4, -0.2) is 11.7 Å². The van der Waals surface area contributed by atoms with Gasteiger partial charge in [-0.25, -0.2) is 0 Å². The van der Waals surface area contributed by atoms with Crippen molar-refractivity contribution in [1.29, 1.82) is 0 Å². The lowest BCUT2D eigenvalue weighted by molar-refractivity contribution is 1.32. The molecule has 0 fully saturated rings. The van der Waals surface area contributed by atoms with E-state index in [0.717, 1.165) is 22.3 Å². The highest BCUT2D eigenvalue weighted by Crippen LogP contribution is 2.26. The van der Waals surface area contributed by atoms with Crippen LogP contribution in [0.15, 0.2) is 66.1 Å². The normalized spacial score (nSPS) is 11.8. The minimum absolute atomic E-state index is 1.05. The van der Waals surface area contributed by atoms with Crippen molar-refractivity contribution in [1.82, 2.24) is 4.98 Å².